The van der Waals surface area contributed by atoms with Gasteiger partial charge in [-0.05, 0) is 32.2 Å². The monoisotopic (exact) mass is 256 g/mol. The van der Waals surface area contributed by atoms with E-state index in [9.17, 15) is 14.7 Å². The summed E-state index contributed by atoms with van der Waals surface area (Å²) in [6.45, 7) is 3.00. The Kier molecular flexibility index (Phi) is 6.12. The smallest absolute Gasteiger partial charge is 0.326 e. The molecule has 1 amide bonds. The van der Waals surface area contributed by atoms with Crippen LogP contribution in [0.3, 0.4) is 0 Å². The molecule has 2 unspecified atom stereocenters. The van der Waals surface area contributed by atoms with E-state index >= 15 is 0 Å². The number of carbonyl (C=O) groups excluding carboxylic acids is 1. The van der Waals surface area contributed by atoms with Crippen molar-refractivity contribution < 1.29 is 14.7 Å². The zero-order valence-electron chi connectivity index (χ0n) is 11.1. The maximum Gasteiger partial charge on any atom is 0.326 e. The summed E-state index contributed by atoms with van der Waals surface area (Å²) in [5.41, 5.74) is 5.44. The maximum absolute atomic E-state index is 12.3. The van der Waals surface area contributed by atoms with Gasteiger partial charge in [-0.15, -0.1) is 0 Å². The highest BCUT2D eigenvalue weighted by Crippen LogP contribution is 2.20. The number of hydrogen-bond donors (Lipinski definition) is 2. The van der Waals surface area contributed by atoms with E-state index in [4.69, 9.17) is 5.73 Å². The number of carbonyl (C=O) groups is 2. The first kappa shape index (κ1) is 15.0. The number of hydrogen-bond acceptors (Lipinski definition) is 3. The normalized spacial score (nSPS) is 22.3. The lowest BCUT2D eigenvalue weighted by Crippen LogP contribution is -2.46. The number of amides is 1. The minimum atomic E-state index is -0.878. The van der Waals surface area contributed by atoms with Crippen LogP contribution >= 0.6 is 0 Å². The fourth-order valence-electron chi connectivity index (χ4n) is 2.46. The molecule has 1 aliphatic rings. The zero-order valence-corrected chi connectivity index (χ0v) is 11.1. The number of likely N-dealkylation sites (tertiary alicyclic amines) is 1. The van der Waals surface area contributed by atoms with Crippen LogP contribution in [0.15, 0.2) is 0 Å². The molecule has 0 radical (unpaired) electrons. The molecule has 18 heavy (non-hydrogen) atoms. The van der Waals surface area contributed by atoms with Gasteiger partial charge in [0.15, 0.2) is 0 Å². The molecule has 0 aromatic carbocycles. The summed E-state index contributed by atoms with van der Waals surface area (Å²) in [5.74, 6) is -1.04. The molecule has 1 aliphatic heterocycles. The van der Waals surface area contributed by atoms with Crippen LogP contribution in [0.5, 0.6) is 0 Å². The lowest BCUT2D eigenvalue weighted by atomic mass is 10.0. The second-order valence-electron chi connectivity index (χ2n) is 5.07. The predicted molar refractivity (Wildman–Crippen MR) is 69.1 cm³/mol. The van der Waals surface area contributed by atoms with Gasteiger partial charge in [0.05, 0.1) is 0 Å². The van der Waals surface area contributed by atoms with Gasteiger partial charge < -0.3 is 15.7 Å². The van der Waals surface area contributed by atoms with Crippen LogP contribution in [0, 0.1) is 5.92 Å². The lowest BCUT2D eigenvalue weighted by molar-refractivity contribution is -0.151. The molecule has 1 heterocycles. The van der Waals surface area contributed by atoms with Crippen LogP contribution in [-0.4, -0.2) is 41.0 Å². The predicted octanol–water partition coefficient (Wildman–Crippen LogP) is 1.22. The number of nitrogens with zero attached hydrogens (tertiary/aromatic N) is 1. The standard InChI is InChI=1S/C13H24N2O3/c1-10(6-5-8-14)12(16)15-9-4-2-3-7-11(15)13(17)18/h10-11H,2-9,14H2,1H3,(H,17,18). The van der Waals surface area contributed by atoms with Crippen molar-refractivity contribution in [3.05, 3.63) is 0 Å². The molecule has 104 valence electrons. The van der Waals surface area contributed by atoms with E-state index in [-0.39, 0.29) is 11.8 Å². The summed E-state index contributed by atoms with van der Waals surface area (Å²) in [5, 5.41) is 9.23. The first-order valence-electron chi connectivity index (χ1n) is 6.81. The van der Waals surface area contributed by atoms with Gasteiger partial charge in [0, 0.05) is 12.5 Å². The Labute approximate surface area is 108 Å². The second kappa shape index (κ2) is 7.36. The third kappa shape index (κ3) is 3.98. The van der Waals surface area contributed by atoms with Crippen molar-refractivity contribution in [2.24, 2.45) is 11.7 Å². The first-order chi connectivity index (χ1) is 8.57. The van der Waals surface area contributed by atoms with Crippen molar-refractivity contribution in [3.63, 3.8) is 0 Å². The molecular weight excluding hydrogens is 232 g/mol. The first-order valence-corrected chi connectivity index (χ1v) is 6.81. The van der Waals surface area contributed by atoms with Gasteiger partial charge in [0.1, 0.15) is 6.04 Å². The van der Waals surface area contributed by atoms with Crippen molar-refractivity contribution >= 4 is 11.9 Å². The summed E-state index contributed by atoms with van der Waals surface area (Å²) >= 11 is 0. The van der Waals surface area contributed by atoms with E-state index in [1.807, 2.05) is 6.92 Å². The highest BCUT2D eigenvalue weighted by molar-refractivity contribution is 5.85. The average molecular weight is 256 g/mol. The summed E-state index contributed by atoms with van der Waals surface area (Å²) in [6.07, 6.45) is 4.91. The van der Waals surface area contributed by atoms with E-state index in [1.54, 1.807) is 4.90 Å². The van der Waals surface area contributed by atoms with E-state index in [0.717, 1.165) is 32.1 Å². The summed E-state index contributed by atoms with van der Waals surface area (Å²) in [6, 6.07) is -0.639. The molecule has 0 aromatic rings. The van der Waals surface area contributed by atoms with Crippen LogP contribution in [-0.2, 0) is 9.59 Å². The Morgan fingerprint density at radius 2 is 2.11 bits per heavy atom. The molecule has 1 rings (SSSR count). The highest BCUT2D eigenvalue weighted by Gasteiger charge is 2.32. The van der Waals surface area contributed by atoms with Crippen LogP contribution in [0.2, 0.25) is 0 Å². The van der Waals surface area contributed by atoms with Crippen molar-refractivity contribution in [2.45, 2.75) is 51.5 Å². The number of carboxylic acids is 1. The molecule has 3 N–H and O–H groups in total. The molecule has 0 saturated carbocycles. The lowest BCUT2D eigenvalue weighted by Gasteiger charge is -2.29. The fraction of sp³-hybridized carbons (Fsp3) is 0.846. The van der Waals surface area contributed by atoms with E-state index < -0.39 is 12.0 Å². The molecule has 0 bridgehead atoms. The van der Waals surface area contributed by atoms with Crippen molar-refractivity contribution in [3.8, 4) is 0 Å². The fourth-order valence-corrected chi connectivity index (χ4v) is 2.46. The Balaban J connectivity index is 2.68. The second-order valence-corrected chi connectivity index (χ2v) is 5.07. The number of rotatable bonds is 5. The minimum Gasteiger partial charge on any atom is -0.480 e. The van der Waals surface area contributed by atoms with E-state index in [1.165, 1.54) is 0 Å². The SMILES string of the molecule is CC(CCCN)C(=O)N1CCCCCC1C(=O)O. The van der Waals surface area contributed by atoms with Gasteiger partial charge in [-0.2, -0.15) is 0 Å². The van der Waals surface area contributed by atoms with Crippen molar-refractivity contribution in [2.75, 3.05) is 13.1 Å². The largest absolute Gasteiger partial charge is 0.480 e. The molecule has 1 saturated heterocycles. The van der Waals surface area contributed by atoms with Crippen LogP contribution < -0.4 is 5.73 Å². The van der Waals surface area contributed by atoms with Gasteiger partial charge >= 0.3 is 5.97 Å². The quantitative estimate of drug-likeness (QED) is 0.774. The molecule has 1 fully saturated rings. The Bertz CT molecular complexity index is 294. The van der Waals surface area contributed by atoms with Gasteiger partial charge in [-0.3, -0.25) is 4.79 Å². The average Bonchev–Trinajstić information content (AvgIpc) is 2.60. The Morgan fingerprint density at radius 3 is 2.72 bits per heavy atom. The molecule has 2 atom stereocenters. The molecule has 5 heteroatoms. The van der Waals surface area contributed by atoms with Crippen LogP contribution in [0.4, 0.5) is 0 Å². The van der Waals surface area contributed by atoms with Gasteiger partial charge in [0.2, 0.25) is 5.91 Å². The van der Waals surface area contributed by atoms with Crippen LogP contribution in [0.25, 0.3) is 0 Å². The number of nitrogens with two attached hydrogens (primary N) is 1. The summed E-state index contributed by atoms with van der Waals surface area (Å²) < 4.78 is 0. The summed E-state index contributed by atoms with van der Waals surface area (Å²) in [7, 11) is 0. The highest BCUT2D eigenvalue weighted by atomic mass is 16.4. The Hall–Kier alpha value is -1.10. The molecule has 0 spiro atoms. The van der Waals surface area contributed by atoms with E-state index in [2.05, 4.69) is 0 Å². The molecule has 0 aromatic heterocycles. The molecular formula is C13H24N2O3. The van der Waals surface area contributed by atoms with Crippen molar-refractivity contribution in [1.29, 1.82) is 0 Å². The zero-order chi connectivity index (χ0) is 13.5. The van der Waals surface area contributed by atoms with E-state index in [0.29, 0.717) is 19.5 Å². The third-order valence-corrected chi connectivity index (χ3v) is 3.58. The number of aliphatic carboxylic acids is 1. The summed E-state index contributed by atoms with van der Waals surface area (Å²) in [4.78, 5) is 25.1. The minimum absolute atomic E-state index is 0.0299. The molecule has 5 nitrogen and oxygen atoms in total. The van der Waals surface area contributed by atoms with Crippen molar-refractivity contribution in [1.82, 2.24) is 4.90 Å². The van der Waals surface area contributed by atoms with Gasteiger partial charge in [-0.25, -0.2) is 4.79 Å². The van der Waals surface area contributed by atoms with Crippen LogP contribution in [0.1, 0.15) is 45.4 Å². The number of carboxylic acid groups (broad SMARTS) is 1. The topological polar surface area (TPSA) is 83.6 Å². The van der Waals surface area contributed by atoms with Gasteiger partial charge in [0.25, 0.3) is 0 Å². The third-order valence-electron chi connectivity index (χ3n) is 3.58. The van der Waals surface area contributed by atoms with Gasteiger partial charge in [-0.1, -0.05) is 19.8 Å². The molecule has 0 aliphatic carbocycles. The maximum atomic E-state index is 12.3. The Morgan fingerprint density at radius 1 is 1.39 bits per heavy atom.